The van der Waals surface area contributed by atoms with E-state index in [4.69, 9.17) is 13.9 Å². The number of methoxy groups -OCH3 is 1. The van der Waals surface area contributed by atoms with E-state index in [9.17, 15) is 4.79 Å². The predicted molar refractivity (Wildman–Crippen MR) is 121 cm³/mol. The van der Waals surface area contributed by atoms with Crippen LogP contribution in [-0.4, -0.2) is 49.0 Å². The average molecular weight is 485 g/mol. The lowest BCUT2D eigenvalue weighted by atomic mass is 10.2. The van der Waals surface area contributed by atoms with Gasteiger partial charge in [-0.1, -0.05) is 28.1 Å². The number of piperazine rings is 1. The summed E-state index contributed by atoms with van der Waals surface area (Å²) in [6.45, 7) is 4.12. The highest BCUT2D eigenvalue weighted by Gasteiger charge is 2.24. The van der Waals surface area contributed by atoms with Crippen molar-refractivity contribution in [3.63, 3.8) is 0 Å². The van der Waals surface area contributed by atoms with Gasteiger partial charge in [0, 0.05) is 37.2 Å². The van der Waals surface area contributed by atoms with E-state index >= 15 is 0 Å². The Morgan fingerprint density at radius 3 is 2.52 bits per heavy atom. The average Bonchev–Trinajstić information content (AvgIpc) is 3.28. The molecule has 2 aromatic carbocycles. The fraction of sp³-hybridized carbons (Fsp3) is 0.292. The largest absolute Gasteiger partial charge is 0.497 e. The van der Waals surface area contributed by atoms with Gasteiger partial charge in [-0.2, -0.15) is 0 Å². The first kappa shape index (κ1) is 21.5. The quantitative estimate of drug-likeness (QED) is 0.490. The summed E-state index contributed by atoms with van der Waals surface area (Å²) < 4.78 is 17.7. The Kier molecular flexibility index (Phi) is 6.94. The molecule has 0 N–H and O–H groups in total. The SMILES string of the molecule is COc1cccc(CN2CCN(C(=O)c3ccc(COc4ccc(Br)cc4)o3)CC2)c1. The second kappa shape index (κ2) is 10.0. The van der Waals surface area contributed by atoms with E-state index in [0.29, 0.717) is 24.6 Å². The maximum atomic E-state index is 12.8. The lowest BCUT2D eigenvalue weighted by Crippen LogP contribution is -2.48. The van der Waals surface area contributed by atoms with Gasteiger partial charge in [0.1, 0.15) is 23.9 Å². The number of nitrogens with zero attached hydrogens (tertiary/aromatic N) is 2. The van der Waals surface area contributed by atoms with E-state index in [1.807, 2.05) is 41.3 Å². The van der Waals surface area contributed by atoms with E-state index in [-0.39, 0.29) is 12.5 Å². The zero-order chi connectivity index (χ0) is 21.6. The number of ether oxygens (including phenoxy) is 2. The molecule has 0 radical (unpaired) electrons. The molecule has 3 aromatic rings. The van der Waals surface area contributed by atoms with Gasteiger partial charge in [-0.15, -0.1) is 0 Å². The van der Waals surface area contributed by atoms with Crippen molar-refractivity contribution in [2.75, 3.05) is 33.3 Å². The van der Waals surface area contributed by atoms with Crippen LogP contribution in [0.1, 0.15) is 21.9 Å². The number of halogens is 1. The first-order valence-corrected chi connectivity index (χ1v) is 11.0. The lowest BCUT2D eigenvalue weighted by molar-refractivity contribution is 0.0594. The molecule has 1 aliphatic heterocycles. The van der Waals surface area contributed by atoms with Gasteiger partial charge < -0.3 is 18.8 Å². The zero-order valence-electron chi connectivity index (χ0n) is 17.4. The molecule has 0 unspecified atom stereocenters. The maximum Gasteiger partial charge on any atom is 0.289 e. The molecule has 0 aliphatic carbocycles. The van der Waals surface area contributed by atoms with Crippen molar-refractivity contribution < 1.29 is 18.7 Å². The summed E-state index contributed by atoms with van der Waals surface area (Å²) in [5.74, 6) is 2.53. The minimum absolute atomic E-state index is 0.0732. The number of hydrogen-bond acceptors (Lipinski definition) is 5. The second-order valence-corrected chi connectivity index (χ2v) is 8.34. The Morgan fingerprint density at radius 2 is 1.77 bits per heavy atom. The molecule has 1 amide bonds. The van der Waals surface area contributed by atoms with Crippen LogP contribution >= 0.6 is 15.9 Å². The van der Waals surface area contributed by atoms with E-state index < -0.39 is 0 Å². The van der Waals surface area contributed by atoms with E-state index in [1.165, 1.54) is 5.56 Å². The minimum Gasteiger partial charge on any atom is -0.497 e. The molecule has 1 saturated heterocycles. The number of benzene rings is 2. The summed E-state index contributed by atoms with van der Waals surface area (Å²) in [7, 11) is 1.68. The van der Waals surface area contributed by atoms with E-state index in [2.05, 4.69) is 33.0 Å². The number of furan rings is 1. The first-order valence-electron chi connectivity index (χ1n) is 10.2. The molecule has 1 aliphatic rings. The second-order valence-electron chi connectivity index (χ2n) is 7.43. The molecule has 0 atom stereocenters. The van der Waals surface area contributed by atoms with Crippen LogP contribution in [-0.2, 0) is 13.2 Å². The predicted octanol–water partition coefficient (Wildman–Crippen LogP) is 4.59. The summed E-state index contributed by atoms with van der Waals surface area (Å²) in [6, 6.07) is 19.2. The third-order valence-electron chi connectivity index (χ3n) is 5.27. The standard InChI is InChI=1S/C24H25BrN2O4/c1-29-21-4-2-3-18(15-21)16-26-11-13-27(14-12-26)24(28)23-10-9-22(31-23)17-30-20-7-5-19(25)6-8-20/h2-10,15H,11-14,16-17H2,1H3. The van der Waals surface area contributed by atoms with Gasteiger partial charge in [0.2, 0.25) is 0 Å². The minimum atomic E-state index is -0.0732. The molecule has 4 rings (SSSR count). The van der Waals surface area contributed by atoms with Crippen molar-refractivity contribution in [2.45, 2.75) is 13.2 Å². The van der Waals surface area contributed by atoms with Crippen molar-refractivity contribution in [3.05, 3.63) is 82.2 Å². The van der Waals surface area contributed by atoms with Gasteiger partial charge in [-0.25, -0.2) is 0 Å². The van der Waals surface area contributed by atoms with Crippen molar-refractivity contribution in [2.24, 2.45) is 0 Å². The fourth-order valence-corrected chi connectivity index (χ4v) is 3.81. The van der Waals surface area contributed by atoms with Gasteiger partial charge in [0.25, 0.3) is 5.91 Å². The molecular weight excluding hydrogens is 460 g/mol. The van der Waals surface area contributed by atoms with E-state index in [0.717, 1.165) is 35.6 Å². The Balaban J connectivity index is 1.27. The Morgan fingerprint density at radius 1 is 1.00 bits per heavy atom. The third kappa shape index (κ3) is 5.68. The van der Waals surface area contributed by atoms with E-state index in [1.54, 1.807) is 19.2 Å². The van der Waals surface area contributed by atoms with Crippen molar-refractivity contribution in [3.8, 4) is 11.5 Å². The van der Waals surface area contributed by atoms with Crippen LogP contribution in [0.25, 0.3) is 0 Å². The molecule has 0 spiro atoms. The summed E-state index contributed by atoms with van der Waals surface area (Å²) in [5, 5.41) is 0. The molecule has 31 heavy (non-hydrogen) atoms. The van der Waals surface area contributed by atoms with Crippen molar-refractivity contribution >= 4 is 21.8 Å². The van der Waals surface area contributed by atoms with Crippen LogP contribution in [0.4, 0.5) is 0 Å². The van der Waals surface area contributed by atoms with Crippen LogP contribution in [0.3, 0.4) is 0 Å². The topological polar surface area (TPSA) is 55.2 Å². The highest BCUT2D eigenvalue weighted by atomic mass is 79.9. The lowest BCUT2D eigenvalue weighted by Gasteiger charge is -2.34. The Bertz CT molecular complexity index is 1010. The summed E-state index contributed by atoms with van der Waals surface area (Å²) in [5.41, 5.74) is 1.21. The molecule has 7 heteroatoms. The first-order chi connectivity index (χ1) is 15.1. The van der Waals surface area contributed by atoms with Crippen LogP contribution in [0.15, 0.2) is 69.6 Å². The molecule has 6 nitrogen and oxygen atoms in total. The maximum absolute atomic E-state index is 12.8. The van der Waals surface area contributed by atoms with Crippen LogP contribution in [0.5, 0.6) is 11.5 Å². The number of amides is 1. The number of carbonyl (C=O) groups is 1. The smallest absolute Gasteiger partial charge is 0.289 e. The molecule has 162 valence electrons. The number of rotatable bonds is 7. The fourth-order valence-electron chi connectivity index (χ4n) is 3.55. The molecule has 0 bridgehead atoms. The molecule has 1 fully saturated rings. The Hall–Kier alpha value is -2.77. The van der Waals surface area contributed by atoms with Crippen LogP contribution < -0.4 is 9.47 Å². The van der Waals surface area contributed by atoms with Gasteiger partial charge in [-0.05, 0) is 54.1 Å². The van der Waals surface area contributed by atoms with Crippen LogP contribution in [0.2, 0.25) is 0 Å². The molecule has 1 aromatic heterocycles. The van der Waals surface area contributed by atoms with Gasteiger partial charge in [0.05, 0.1) is 7.11 Å². The van der Waals surface area contributed by atoms with Crippen LogP contribution in [0, 0.1) is 0 Å². The number of hydrogen-bond donors (Lipinski definition) is 0. The van der Waals surface area contributed by atoms with Gasteiger partial charge >= 0.3 is 0 Å². The molecule has 2 heterocycles. The number of carbonyl (C=O) groups excluding carboxylic acids is 1. The van der Waals surface area contributed by atoms with Crippen molar-refractivity contribution in [1.29, 1.82) is 0 Å². The monoisotopic (exact) mass is 484 g/mol. The summed E-state index contributed by atoms with van der Waals surface area (Å²) in [6.07, 6.45) is 0. The summed E-state index contributed by atoms with van der Waals surface area (Å²) >= 11 is 3.40. The normalized spacial score (nSPS) is 14.5. The summed E-state index contributed by atoms with van der Waals surface area (Å²) in [4.78, 5) is 17.0. The molecular formula is C24H25BrN2O4. The highest BCUT2D eigenvalue weighted by molar-refractivity contribution is 9.10. The zero-order valence-corrected chi connectivity index (χ0v) is 19.0. The van der Waals surface area contributed by atoms with Crippen molar-refractivity contribution in [1.82, 2.24) is 9.80 Å². The third-order valence-corrected chi connectivity index (χ3v) is 5.80. The molecule has 0 saturated carbocycles. The Labute approximate surface area is 190 Å². The highest BCUT2D eigenvalue weighted by Crippen LogP contribution is 2.20. The van der Waals surface area contributed by atoms with Gasteiger partial charge in [-0.3, -0.25) is 9.69 Å². The van der Waals surface area contributed by atoms with Gasteiger partial charge in [0.15, 0.2) is 5.76 Å².